The van der Waals surface area contributed by atoms with Crippen LogP contribution in [0.25, 0.3) is 27.9 Å². The molecular formula is C27H19Cl2F4N10+. The largest absolute Gasteiger partial charge is 0.433 e. The van der Waals surface area contributed by atoms with Crippen LogP contribution in [0.3, 0.4) is 0 Å². The van der Waals surface area contributed by atoms with Gasteiger partial charge in [-0.15, -0.1) is 4.68 Å². The molecule has 0 fully saturated rings. The summed E-state index contributed by atoms with van der Waals surface area (Å²) in [6.45, 7) is 0. The van der Waals surface area contributed by atoms with Crippen LogP contribution in [0.4, 0.5) is 17.6 Å². The number of pyridine rings is 2. The van der Waals surface area contributed by atoms with Crippen molar-refractivity contribution >= 4 is 23.2 Å². The Kier molecular flexibility index (Phi) is 7.40. The number of rotatable bonds is 7. The molecule has 10 nitrogen and oxygen atoms in total. The van der Waals surface area contributed by atoms with Gasteiger partial charge in [-0.25, -0.2) is 4.39 Å². The molecule has 5 aromatic heterocycles. The number of aromatic nitrogens is 10. The molecule has 43 heavy (non-hydrogen) atoms. The first-order valence-electron chi connectivity index (χ1n) is 12.6. The third kappa shape index (κ3) is 5.83. The van der Waals surface area contributed by atoms with Crippen molar-refractivity contribution in [1.82, 2.24) is 45.1 Å². The molecular weight excluding hydrogens is 611 g/mol. The summed E-state index contributed by atoms with van der Waals surface area (Å²) in [6.07, 6.45) is 4.51. The smallest absolute Gasteiger partial charge is 0.263 e. The molecule has 0 spiro atoms. The van der Waals surface area contributed by atoms with Gasteiger partial charge >= 0.3 is 11.3 Å². The molecule has 6 aromatic rings. The molecule has 0 saturated carbocycles. The number of hydrogen-bond donors (Lipinski definition) is 1. The summed E-state index contributed by atoms with van der Waals surface area (Å²) in [6, 6.07) is 8.34. The van der Waals surface area contributed by atoms with Crippen LogP contribution < -0.4 is 4.68 Å². The zero-order valence-corrected chi connectivity index (χ0v) is 23.5. The third-order valence-electron chi connectivity index (χ3n) is 6.60. The van der Waals surface area contributed by atoms with Crippen LogP contribution in [0, 0.1) is 5.82 Å². The fourth-order valence-corrected chi connectivity index (χ4v) is 4.88. The molecule has 1 N–H and O–H groups in total. The molecule has 0 amide bonds. The second kappa shape index (κ2) is 11.2. The monoisotopic (exact) mass is 629 g/mol. The van der Waals surface area contributed by atoms with Crippen molar-refractivity contribution in [2.75, 3.05) is 0 Å². The lowest BCUT2D eigenvalue weighted by Crippen LogP contribution is -2.33. The summed E-state index contributed by atoms with van der Waals surface area (Å²) < 4.78 is 58.2. The molecule has 16 heteroatoms. The molecule has 1 atom stereocenters. The summed E-state index contributed by atoms with van der Waals surface area (Å²) in [7, 11) is 1.68. The minimum absolute atomic E-state index is 0.0802. The highest BCUT2D eigenvalue weighted by Gasteiger charge is 2.32. The Morgan fingerprint density at radius 2 is 1.81 bits per heavy atom. The zero-order chi connectivity index (χ0) is 30.3. The number of benzene rings is 1. The van der Waals surface area contributed by atoms with Gasteiger partial charge in [-0.3, -0.25) is 14.6 Å². The lowest BCUT2D eigenvalue weighted by atomic mass is 10.0. The highest BCUT2D eigenvalue weighted by atomic mass is 35.5. The van der Waals surface area contributed by atoms with E-state index in [1.165, 1.54) is 40.2 Å². The molecule has 0 aliphatic rings. The standard InChI is InChI=1S/C27H18Cl2F4N10/c1-41-36-12-18(39-41)9-22(42-13-17(11-37-42)15-6-7-34-23(8-15)27(31,32)33)20-4-2-16(10-35-20)25-21(5-3-19(28)26(25)30)43-14-24(29)38-40-43/h2-8,10-14,22H,9H2,1H3/p+1/t22-/m1/s1. The van der Waals surface area contributed by atoms with Gasteiger partial charge in [-0.05, 0) is 47.5 Å². The van der Waals surface area contributed by atoms with Crippen molar-refractivity contribution in [3.05, 3.63) is 107 Å². The highest BCUT2D eigenvalue weighted by Crippen LogP contribution is 2.34. The molecule has 6 rings (SSSR count). The Morgan fingerprint density at radius 3 is 2.49 bits per heavy atom. The van der Waals surface area contributed by atoms with E-state index >= 15 is 4.39 Å². The first kappa shape index (κ1) is 28.4. The Hall–Kier alpha value is -4.69. The Bertz CT molecular complexity index is 1910. The topological polar surface area (TPSA) is 107 Å². The molecule has 5 heterocycles. The van der Waals surface area contributed by atoms with Crippen molar-refractivity contribution in [3.8, 4) is 27.9 Å². The first-order chi connectivity index (χ1) is 20.6. The second-order valence-electron chi connectivity index (χ2n) is 9.44. The van der Waals surface area contributed by atoms with E-state index in [0.717, 1.165) is 12.3 Å². The van der Waals surface area contributed by atoms with Crippen molar-refractivity contribution in [2.45, 2.75) is 18.6 Å². The summed E-state index contributed by atoms with van der Waals surface area (Å²) in [5.74, 6) is -0.657. The van der Waals surface area contributed by atoms with Gasteiger partial charge < -0.3 is 0 Å². The van der Waals surface area contributed by atoms with Gasteiger partial charge in [0.1, 0.15) is 5.69 Å². The van der Waals surface area contributed by atoms with Crippen LogP contribution >= 0.6 is 23.2 Å². The van der Waals surface area contributed by atoms with E-state index in [4.69, 9.17) is 23.2 Å². The fourth-order valence-electron chi connectivity index (χ4n) is 4.59. The second-order valence-corrected chi connectivity index (χ2v) is 10.2. The van der Waals surface area contributed by atoms with Gasteiger partial charge in [0, 0.05) is 43.2 Å². The van der Waals surface area contributed by atoms with Gasteiger partial charge in [0.05, 0.1) is 45.5 Å². The minimum Gasteiger partial charge on any atom is -0.263 e. The Morgan fingerprint density at radius 1 is 0.977 bits per heavy atom. The molecule has 0 aliphatic carbocycles. The maximum Gasteiger partial charge on any atom is 0.433 e. The van der Waals surface area contributed by atoms with E-state index in [1.54, 1.807) is 42.3 Å². The van der Waals surface area contributed by atoms with Gasteiger partial charge in [-0.1, -0.05) is 22.9 Å². The maximum atomic E-state index is 15.4. The summed E-state index contributed by atoms with van der Waals surface area (Å²) in [5, 5.41) is 19.6. The van der Waals surface area contributed by atoms with E-state index in [-0.39, 0.29) is 15.7 Å². The van der Waals surface area contributed by atoms with E-state index in [0.29, 0.717) is 40.2 Å². The lowest BCUT2D eigenvalue weighted by Gasteiger charge is -2.17. The van der Waals surface area contributed by atoms with Crippen LogP contribution in [0.15, 0.2) is 73.6 Å². The van der Waals surface area contributed by atoms with Crippen molar-refractivity contribution in [2.24, 2.45) is 7.05 Å². The van der Waals surface area contributed by atoms with E-state index in [2.05, 4.69) is 35.6 Å². The van der Waals surface area contributed by atoms with E-state index in [9.17, 15) is 13.2 Å². The Labute approximate surface area is 250 Å². The number of hydrogen-bond acceptors (Lipinski definition) is 6. The van der Waals surface area contributed by atoms with Crippen LogP contribution in [-0.2, 0) is 19.6 Å². The molecule has 0 aliphatic heterocycles. The van der Waals surface area contributed by atoms with E-state index in [1.807, 2.05) is 0 Å². The number of nitrogens with zero attached hydrogens (tertiary/aromatic N) is 9. The van der Waals surface area contributed by atoms with Gasteiger partial charge in [0.2, 0.25) is 0 Å². The quantitative estimate of drug-likeness (QED) is 0.186. The third-order valence-corrected chi connectivity index (χ3v) is 7.08. The first-order valence-corrected chi connectivity index (χ1v) is 13.3. The summed E-state index contributed by atoms with van der Waals surface area (Å²) in [4.78, 5) is 9.47. The normalized spacial score (nSPS) is 12.5. The average molecular weight is 630 g/mol. The van der Waals surface area contributed by atoms with Crippen LogP contribution in [0.5, 0.6) is 0 Å². The number of alkyl halides is 3. The zero-order valence-electron chi connectivity index (χ0n) is 22.0. The molecule has 0 unspecified atom stereocenters. The number of H-pyrrole nitrogens is 1. The molecule has 218 valence electrons. The van der Waals surface area contributed by atoms with Crippen molar-refractivity contribution in [3.63, 3.8) is 0 Å². The van der Waals surface area contributed by atoms with Gasteiger partial charge in [-0.2, -0.15) is 33.3 Å². The number of halogens is 6. The van der Waals surface area contributed by atoms with Crippen LogP contribution in [0.1, 0.15) is 23.1 Å². The predicted octanol–water partition coefficient (Wildman–Crippen LogP) is 5.43. The summed E-state index contributed by atoms with van der Waals surface area (Å²) >= 11 is 12.1. The molecule has 0 radical (unpaired) electrons. The van der Waals surface area contributed by atoms with Crippen LogP contribution in [0.2, 0.25) is 10.2 Å². The van der Waals surface area contributed by atoms with Gasteiger partial charge in [0.15, 0.2) is 17.7 Å². The SMILES string of the molecule is Cn1ncc(C[C@H](c2ccc(-c3c(-[n+]4cc(Cl)n[nH]4)ccc(Cl)c3F)cn2)n2cc(-c3ccnc(C(F)(F)F)c3)cn2)n1. The van der Waals surface area contributed by atoms with Crippen LogP contribution in [-0.4, -0.2) is 45.1 Å². The van der Waals surface area contributed by atoms with Crippen molar-refractivity contribution in [1.29, 1.82) is 0 Å². The predicted molar refractivity (Wildman–Crippen MR) is 147 cm³/mol. The minimum atomic E-state index is -4.59. The molecule has 0 saturated heterocycles. The molecule has 1 aromatic carbocycles. The number of nitrogens with one attached hydrogen (secondary N) is 1. The lowest BCUT2D eigenvalue weighted by molar-refractivity contribution is -0.659. The van der Waals surface area contributed by atoms with E-state index < -0.39 is 23.7 Å². The average Bonchev–Trinajstić information content (AvgIpc) is 3.74. The highest BCUT2D eigenvalue weighted by molar-refractivity contribution is 6.31. The van der Waals surface area contributed by atoms with Crippen molar-refractivity contribution < 1.29 is 22.2 Å². The van der Waals surface area contributed by atoms with Gasteiger partial charge in [0.25, 0.3) is 0 Å². The fraction of sp³-hybridized carbons (Fsp3) is 0.148. The molecule has 0 bridgehead atoms. The number of aryl methyl sites for hydroxylation is 1. The summed E-state index contributed by atoms with van der Waals surface area (Å²) in [5.41, 5.74) is 1.92. The Balaban J connectivity index is 1.39. The maximum absolute atomic E-state index is 15.4. The number of aromatic amines is 1.